The molecular formula is C30H34N4O4. The minimum Gasteiger partial charge on any atom is -0.481 e. The van der Waals surface area contributed by atoms with Gasteiger partial charge in [0.25, 0.3) is 5.56 Å². The third kappa shape index (κ3) is 5.69. The molecular weight excluding hydrogens is 480 g/mol. The maximum absolute atomic E-state index is 13.7. The maximum Gasteiger partial charge on any atom is 0.305 e. The van der Waals surface area contributed by atoms with E-state index in [2.05, 4.69) is 15.3 Å². The van der Waals surface area contributed by atoms with Gasteiger partial charge in [0.2, 0.25) is 5.91 Å². The van der Waals surface area contributed by atoms with Crippen LogP contribution in [0.1, 0.15) is 61.0 Å². The number of fused-ring (bicyclic) bond motifs is 1. The largest absolute Gasteiger partial charge is 0.481 e. The van der Waals surface area contributed by atoms with Gasteiger partial charge in [-0.2, -0.15) is 0 Å². The van der Waals surface area contributed by atoms with E-state index in [1.165, 1.54) is 10.6 Å². The molecule has 0 aliphatic rings. The first kappa shape index (κ1) is 26.9. The summed E-state index contributed by atoms with van der Waals surface area (Å²) in [4.78, 5) is 46.1. The second-order valence-corrected chi connectivity index (χ2v) is 10.4. The Hall–Kier alpha value is -4.20. The van der Waals surface area contributed by atoms with Crippen LogP contribution in [-0.4, -0.2) is 31.5 Å². The van der Waals surface area contributed by atoms with Gasteiger partial charge in [0, 0.05) is 17.8 Å². The fourth-order valence-corrected chi connectivity index (χ4v) is 5.08. The second-order valence-electron chi connectivity index (χ2n) is 10.4. The van der Waals surface area contributed by atoms with Crippen LogP contribution in [0.5, 0.6) is 0 Å². The molecule has 0 bridgehead atoms. The van der Waals surface area contributed by atoms with Gasteiger partial charge in [0.1, 0.15) is 6.04 Å². The van der Waals surface area contributed by atoms with Crippen LogP contribution in [0.3, 0.4) is 0 Å². The number of pyridine rings is 1. The zero-order valence-electron chi connectivity index (χ0n) is 22.4. The van der Waals surface area contributed by atoms with Gasteiger partial charge in [-0.25, -0.2) is 4.98 Å². The average molecular weight is 515 g/mol. The Kier molecular flexibility index (Phi) is 7.80. The van der Waals surface area contributed by atoms with Gasteiger partial charge in [-0.1, -0.05) is 32.0 Å². The van der Waals surface area contributed by atoms with Crippen LogP contribution < -0.4 is 10.9 Å². The third-order valence-corrected chi connectivity index (χ3v) is 6.83. The van der Waals surface area contributed by atoms with Crippen molar-refractivity contribution in [3.05, 3.63) is 87.6 Å². The van der Waals surface area contributed by atoms with E-state index in [-0.39, 0.29) is 17.9 Å². The molecule has 0 aliphatic carbocycles. The van der Waals surface area contributed by atoms with E-state index in [4.69, 9.17) is 0 Å². The summed E-state index contributed by atoms with van der Waals surface area (Å²) >= 11 is 0. The Balaban J connectivity index is 1.81. The van der Waals surface area contributed by atoms with Gasteiger partial charge < -0.3 is 20.0 Å². The lowest BCUT2D eigenvalue weighted by molar-refractivity contribution is -0.138. The molecule has 3 N–H and O–H groups in total. The molecule has 8 nitrogen and oxygen atoms in total. The maximum atomic E-state index is 13.7. The van der Waals surface area contributed by atoms with Crippen LogP contribution >= 0.6 is 0 Å². The quantitative estimate of drug-likeness (QED) is 0.283. The van der Waals surface area contributed by atoms with Crippen LogP contribution in [0.25, 0.3) is 22.2 Å². The van der Waals surface area contributed by atoms with Crippen molar-refractivity contribution in [1.29, 1.82) is 0 Å². The van der Waals surface area contributed by atoms with Crippen molar-refractivity contribution >= 4 is 22.9 Å². The van der Waals surface area contributed by atoms with Crippen molar-refractivity contribution in [3.63, 3.8) is 0 Å². The Labute approximate surface area is 221 Å². The number of carbonyl (C=O) groups is 2. The average Bonchev–Trinajstić information content (AvgIpc) is 3.30. The summed E-state index contributed by atoms with van der Waals surface area (Å²) in [6.45, 7) is 9.85. The lowest BCUT2D eigenvalue weighted by Crippen LogP contribution is -2.40. The first-order valence-electron chi connectivity index (χ1n) is 12.8. The molecule has 2 atom stereocenters. The topological polar surface area (TPSA) is 117 Å². The summed E-state index contributed by atoms with van der Waals surface area (Å²) in [6.07, 6.45) is 3.29. The summed E-state index contributed by atoms with van der Waals surface area (Å²) in [5.41, 5.74) is 6.62. The van der Waals surface area contributed by atoms with Gasteiger partial charge in [-0.15, -0.1) is 0 Å². The Morgan fingerprint density at radius 1 is 1.08 bits per heavy atom. The number of hydrogen-bond donors (Lipinski definition) is 3. The van der Waals surface area contributed by atoms with E-state index >= 15 is 0 Å². The van der Waals surface area contributed by atoms with E-state index in [9.17, 15) is 19.5 Å². The van der Waals surface area contributed by atoms with Gasteiger partial charge in [-0.3, -0.25) is 14.4 Å². The fraction of sp³-hybridized carbons (Fsp3) is 0.333. The van der Waals surface area contributed by atoms with Gasteiger partial charge >= 0.3 is 5.97 Å². The Morgan fingerprint density at radius 3 is 2.42 bits per heavy atom. The van der Waals surface area contributed by atoms with Crippen molar-refractivity contribution in [2.45, 2.75) is 59.5 Å². The number of carbonyl (C=O) groups excluding carboxylic acids is 1. The number of H-pyrrole nitrogens is 1. The highest BCUT2D eigenvalue weighted by Gasteiger charge is 2.28. The molecule has 2 heterocycles. The molecule has 2 aromatic carbocycles. The molecule has 0 radical (unpaired) electrons. The molecule has 0 spiro atoms. The van der Waals surface area contributed by atoms with Crippen LogP contribution in [0.15, 0.2) is 59.8 Å². The predicted molar refractivity (Wildman–Crippen MR) is 148 cm³/mol. The Morgan fingerprint density at radius 2 is 1.79 bits per heavy atom. The number of imidazole rings is 1. The number of carboxylic acid groups (broad SMARTS) is 1. The summed E-state index contributed by atoms with van der Waals surface area (Å²) in [5, 5.41) is 12.8. The highest BCUT2D eigenvalue weighted by Crippen LogP contribution is 2.34. The van der Waals surface area contributed by atoms with Crippen LogP contribution in [-0.2, 0) is 9.59 Å². The molecule has 0 unspecified atom stereocenters. The number of carboxylic acids is 1. The van der Waals surface area contributed by atoms with Gasteiger partial charge in [0.05, 0.1) is 29.8 Å². The highest BCUT2D eigenvalue weighted by atomic mass is 16.4. The fourth-order valence-electron chi connectivity index (χ4n) is 5.08. The molecule has 0 fully saturated rings. The number of aryl methyl sites for hydroxylation is 3. The zero-order chi connectivity index (χ0) is 27.6. The van der Waals surface area contributed by atoms with Crippen LogP contribution in [0, 0.1) is 26.7 Å². The van der Waals surface area contributed by atoms with Crippen molar-refractivity contribution in [2.24, 2.45) is 5.92 Å². The summed E-state index contributed by atoms with van der Waals surface area (Å²) in [6, 6.07) is 11.6. The summed E-state index contributed by atoms with van der Waals surface area (Å²) in [5.74, 6) is -1.33. The Bertz CT molecular complexity index is 1530. The van der Waals surface area contributed by atoms with Crippen molar-refractivity contribution in [3.8, 4) is 11.1 Å². The second kappa shape index (κ2) is 11.0. The molecule has 38 heavy (non-hydrogen) atoms. The normalized spacial score (nSPS) is 13.0. The molecule has 0 saturated heterocycles. The number of aliphatic carboxylic acids is 1. The first-order chi connectivity index (χ1) is 18.0. The number of aromatic amines is 1. The summed E-state index contributed by atoms with van der Waals surface area (Å²) < 4.78 is 1.43. The molecule has 2 aromatic heterocycles. The lowest BCUT2D eigenvalue weighted by Gasteiger charge is -2.25. The van der Waals surface area contributed by atoms with E-state index in [0.717, 1.165) is 33.3 Å². The molecule has 198 valence electrons. The molecule has 8 heteroatoms. The number of nitrogens with one attached hydrogen (secondary N) is 2. The standard InChI is InChI=1S/C30H34N4O4/c1-17(2)11-25(34-10-9-18(3)12-26(34)35)30(38)33-23(15-27(36)37)22-13-21(14-24-29(22)32-16-31-24)28-19(4)7-6-8-20(28)5/h6-10,12-14,16-17,23,25H,11,15H2,1-5H3,(H,31,32)(H,33,38)(H,36,37)/t23-,25-/m0/s1. The lowest BCUT2D eigenvalue weighted by atomic mass is 9.91. The first-order valence-corrected chi connectivity index (χ1v) is 12.8. The molecule has 4 aromatic rings. The molecule has 0 aliphatic heterocycles. The number of benzene rings is 2. The van der Waals surface area contributed by atoms with Crippen molar-refractivity contribution in [2.75, 3.05) is 0 Å². The monoisotopic (exact) mass is 514 g/mol. The summed E-state index contributed by atoms with van der Waals surface area (Å²) in [7, 11) is 0. The minimum absolute atomic E-state index is 0.127. The van der Waals surface area contributed by atoms with Gasteiger partial charge in [0.15, 0.2) is 0 Å². The number of aromatic nitrogens is 3. The van der Waals surface area contributed by atoms with Crippen LogP contribution in [0.2, 0.25) is 0 Å². The molecule has 4 rings (SSSR count). The van der Waals surface area contributed by atoms with E-state index < -0.39 is 24.0 Å². The van der Waals surface area contributed by atoms with Crippen LogP contribution in [0.4, 0.5) is 0 Å². The third-order valence-electron chi connectivity index (χ3n) is 6.83. The number of hydrogen-bond acceptors (Lipinski definition) is 4. The minimum atomic E-state index is -1.05. The van der Waals surface area contributed by atoms with Crippen molar-refractivity contribution < 1.29 is 14.7 Å². The number of amides is 1. The predicted octanol–water partition coefficient (Wildman–Crippen LogP) is 5.24. The number of rotatable bonds is 9. The highest BCUT2D eigenvalue weighted by molar-refractivity contribution is 5.88. The smallest absolute Gasteiger partial charge is 0.305 e. The van der Waals surface area contributed by atoms with Gasteiger partial charge in [-0.05, 0) is 79.1 Å². The van der Waals surface area contributed by atoms with Crippen molar-refractivity contribution in [1.82, 2.24) is 19.9 Å². The zero-order valence-corrected chi connectivity index (χ0v) is 22.4. The van der Waals surface area contributed by atoms with E-state index in [1.54, 1.807) is 18.6 Å². The SMILES string of the molecule is Cc1ccn([C@@H](CC(C)C)C(=O)N[C@@H](CC(=O)O)c2cc(-c3c(C)cccc3C)cc3[nH]cnc23)c(=O)c1. The molecule has 1 amide bonds. The molecule has 0 saturated carbocycles. The number of nitrogens with zero attached hydrogens (tertiary/aromatic N) is 2. The van der Waals surface area contributed by atoms with E-state index in [0.29, 0.717) is 17.5 Å². The van der Waals surface area contributed by atoms with E-state index in [1.807, 2.05) is 65.0 Å².